The molecule has 1 aromatic carbocycles. The fourth-order valence-corrected chi connectivity index (χ4v) is 1.71. The maximum atomic E-state index is 13.5. The Morgan fingerprint density at radius 3 is 3.00 bits per heavy atom. The number of nitrogens with one attached hydrogen (secondary N) is 1. The van der Waals surface area contributed by atoms with Crippen molar-refractivity contribution in [2.24, 2.45) is 5.73 Å². The number of hydrogen-bond donors (Lipinski definition) is 2. The summed E-state index contributed by atoms with van der Waals surface area (Å²) in [5.74, 6) is -0.908. The van der Waals surface area contributed by atoms with Crippen molar-refractivity contribution in [1.29, 1.82) is 0 Å². The van der Waals surface area contributed by atoms with E-state index in [2.05, 4.69) is 10.4 Å². The van der Waals surface area contributed by atoms with Gasteiger partial charge in [0, 0.05) is 36.6 Å². The predicted octanol–water partition coefficient (Wildman–Crippen LogP) is 0.911. The smallest absolute Gasteiger partial charge is 0.248 e. The summed E-state index contributed by atoms with van der Waals surface area (Å²) in [6, 6.07) is 5.95. The molecule has 100 valence electrons. The first-order valence-electron chi connectivity index (χ1n) is 5.93. The van der Waals surface area contributed by atoms with E-state index in [0.29, 0.717) is 30.8 Å². The van der Waals surface area contributed by atoms with E-state index < -0.39 is 5.91 Å². The van der Waals surface area contributed by atoms with Gasteiger partial charge in [0.1, 0.15) is 5.82 Å². The van der Waals surface area contributed by atoms with Crippen LogP contribution in [0.25, 0.3) is 0 Å². The predicted molar refractivity (Wildman–Crippen MR) is 68.9 cm³/mol. The minimum absolute atomic E-state index is 0.310. The first-order valence-corrected chi connectivity index (χ1v) is 5.93. The van der Waals surface area contributed by atoms with E-state index in [-0.39, 0.29) is 5.82 Å². The number of primary amides is 1. The Balaban J connectivity index is 1.88. The number of hydrogen-bond acceptors (Lipinski definition) is 3. The quantitative estimate of drug-likeness (QED) is 0.760. The van der Waals surface area contributed by atoms with Crippen LogP contribution in [0.15, 0.2) is 36.7 Å². The normalized spacial score (nSPS) is 10.6. The van der Waals surface area contributed by atoms with E-state index in [1.165, 1.54) is 18.2 Å². The molecule has 0 aliphatic carbocycles. The molecule has 3 N–H and O–H groups in total. The molecule has 0 spiro atoms. The first kappa shape index (κ1) is 13.2. The summed E-state index contributed by atoms with van der Waals surface area (Å²) >= 11 is 0. The van der Waals surface area contributed by atoms with Crippen molar-refractivity contribution in [3.8, 4) is 0 Å². The number of aromatic nitrogens is 2. The van der Waals surface area contributed by atoms with Crippen LogP contribution in [0.5, 0.6) is 0 Å². The second kappa shape index (κ2) is 6.10. The van der Waals surface area contributed by atoms with Gasteiger partial charge < -0.3 is 11.1 Å². The number of halogens is 1. The highest BCUT2D eigenvalue weighted by Crippen LogP contribution is 2.10. The standard InChI is InChI=1S/C13H15FN4O/c14-12-3-2-10(13(15)19)8-11(12)9-16-5-7-18-6-1-4-17-18/h1-4,6,8,16H,5,7,9H2,(H2,15,19). The van der Waals surface area contributed by atoms with Crippen molar-refractivity contribution in [1.82, 2.24) is 15.1 Å². The maximum absolute atomic E-state index is 13.5. The number of amides is 1. The molecule has 0 atom stereocenters. The summed E-state index contributed by atoms with van der Waals surface area (Å²) in [7, 11) is 0. The zero-order valence-corrected chi connectivity index (χ0v) is 10.3. The van der Waals surface area contributed by atoms with Crippen molar-refractivity contribution in [2.75, 3.05) is 6.54 Å². The lowest BCUT2D eigenvalue weighted by Gasteiger charge is -2.07. The second-order valence-corrected chi connectivity index (χ2v) is 4.12. The topological polar surface area (TPSA) is 72.9 Å². The van der Waals surface area contributed by atoms with Crippen LogP contribution in [-0.2, 0) is 13.1 Å². The third kappa shape index (κ3) is 3.62. The van der Waals surface area contributed by atoms with Crippen LogP contribution in [0, 0.1) is 5.82 Å². The van der Waals surface area contributed by atoms with Crippen LogP contribution < -0.4 is 11.1 Å². The minimum atomic E-state index is -0.558. The second-order valence-electron chi connectivity index (χ2n) is 4.12. The molecule has 0 saturated heterocycles. The van der Waals surface area contributed by atoms with Crippen LogP contribution >= 0.6 is 0 Å². The van der Waals surface area contributed by atoms with Crippen LogP contribution in [-0.4, -0.2) is 22.2 Å². The Hall–Kier alpha value is -2.21. The van der Waals surface area contributed by atoms with E-state index in [1.54, 1.807) is 10.9 Å². The van der Waals surface area contributed by atoms with Crippen molar-refractivity contribution >= 4 is 5.91 Å². The Morgan fingerprint density at radius 1 is 1.47 bits per heavy atom. The summed E-state index contributed by atoms with van der Waals surface area (Å²) in [4.78, 5) is 11.0. The first-order chi connectivity index (χ1) is 9.16. The largest absolute Gasteiger partial charge is 0.366 e. The fourth-order valence-electron chi connectivity index (χ4n) is 1.71. The molecule has 1 heterocycles. The summed E-state index contributed by atoms with van der Waals surface area (Å²) < 4.78 is 15.3. The van der Waals surface area contributed by atoms with Gasteiger partial charge in [-0.3, -0.25) is 9.48 Å². The molecule has 0 bridgehead atoms. The van der Waals surface area contributed by atoms with Gasteiger partial charge >= 0.3 is 0 Å². The Morgan fingerprint density at radius 2 is 2.32 bits per heavy atom. The molecule has 19 heavy (non-hydrogen) atoms. The number of nitrogens with zero attached hydrogens (tertiary/aromatic N) is 2. The highest BCUT2D eigenvalue weighted by molar-refractivity contribution is 5.92. The van der Waals surface area contributed by atoms with Gasteiger partial charge in [-0.1, -0.05) is 0 Å². The van der Waals surface area contributed by atoms with Crippen molar-refractivity contribution < 1.29 is 9.18 Å². The van der Waals surface area contributed by atoms with Gasteiger partial charge in [-0.05, 0) is 24.3 Å². The van der Waals surface area contributed by atoms with Crippen molar-refractivity contribution in [3.05, 3.63) is 53.6 Å². The molecule has 6 heteroatoms. The van der Waals surface area contributed by atoms with E-state index in [1.807, 2.05) is 12.3 Å². The number of benzene rings is 1. The van der Waals surface area contributed by atoms with Gasteiger partial charge in [0.15, 0.2) is 0 Å². The molecule has 0 aliphatic heterocycles. The van der Waals surface area contributed by atoms with Gasteiger partial charge in [-0.15, -0.1) is 0 Å². The summed E-state index contributed by atoms with van der Waals surface area (Å²) in [6.07, 6.45) is 3.56. The van der Waals surface area contributed by atoms with Crippen LogP contribution in [0.1, 0.15) is 15.9 Å². The van der Waals surface area contributed by atoms with Gasteiger partial charge in [0.2, 0.25) is 5.91 Å². The lowest BCUT2D eigenvalue weighted by Crippen LogP contribution is -2.21. The minimum Gasteiger partial charge on any atom is -0.366 e. The third-order valence-electron chi connectivity index (χ3n) is 2.72. The molecular weight excluding hydrogens is 247 g/mol. The molecule has 0 aliphatic rings. The molecule has 0 fully saturated rings. The van der Waals surface area contributed by atoms with Crippen molar-refractivity contribution in [2.45, 2.75) is 13.1 Å². The zero-order chi connectivity index (χ0) is 13.7. The van der Waals surface area contributed by atoms with Gasteiger partial charge in [0.05, 0.1) is 6.54 Å². The van der Waals surface area contributed by atoms with E-state index in [4.69, 9.17) is 5.73 Å². The number of nitrogens with two attached hydrogens (primary N) is 1. The Labute approximate surface area is 110 Å². The van der Waals surface area contributed by atoms with E-state index >= 15 is 0 Å². The zero-order valence-electron chi connectivity index (χ0n) is 10.3. The molecular formula is C13H15FN4O. The number of carbonyl (C=O) groups is 1. The highest BCUT2D eigenvalue weighted by atomic mass is 19.1. The monoisotopic (exact) mass is 262 g/mol. The SMILES string of the molecule is NC(=O)c1ccc(F)c(CNCCn2cccn2)c1. The lowest BCUT2D eigenvalue weighted by molar-refractivity contribution is 0.1000. The van der Waals surface area contributed by atoms with Crippen LogP contribution in [0.4, 0.5) is 4.39 Å². The number of rotatable bonds is 6. The summed E-state index contributed by atoms with van der Waals surface area (Å²) in [6.45, 7) is 1.69. The van der Waals surface area contributed by atoms with Gasteiger partial charge in [0.25, 0.3) is 0 Å². The van der Waals surface area contributed by atoms with E-state index in [9.17, 15) is 9.18 Å². The van der Waals surface area contributed by atoms with Crippen molar-refractivity contribution in [3.63, 3.8) is 0 Å². The number of carbonyl (C=O) groups excluding carboxylic acids is 1. The maximum Gasteiger partial charge on any atom is 0.248 e. The van der Waals surface area contributed by atoms with Gasteiger partial charge in [-0.2, -0.15) is 5.10 Å². The average Bonchev–Trinajstić information content (AvgIpc) is 2.89. The molecule has 0 unspecified atom stereocenters. The molecule has 2 aromatic rings. The Bertz CT molecular complexity index is 554. The third-order valence-corrected chi connectivity index (χ3v) is 2.72. The molecule has 5 nitrogen and oxygen atoms in total. The summed E-state index contributed by atoms with van der Waals surface area (Å²) in [5.41, 5.74) is 5.90. The average molecular weight is 262 g/mol. The summed E-state index contributed by atoms with van der Waals surface area (Å²) in [5, 5.41) is 7.15. The van der Waals surface area contributed by atoms with Gasteiger partial charge in [-0.25, -0.2) is 4.39 Å². The fraction of sp³-hybridized carbons (Fsp3) is 0.231. The molecule has 0 saturated carbocycles. The lowest BCUT2D eigenvalue weighted by atomic mass is 10.1. The molecule has 1 amide bonds. The molecule has 0 radical (unpaired) electrons. The Kier molecular flexibility index (Phi) is 4.25. The van der Waals surface area contributed by atoms with E-state index in [0.717, 1.165) is 0 Å². The van der Waals surface area contributed by atoms with Crippen LogP contribution in [0.3, 0.4) is 0 Å². The molecule has 1 aromatic heterocycles. The molecule has 2 rings (SSSR count). The highest BCUT2D eigenvalue weighted by Gasteiger charge is 2.06. The van der Waals surface area contributed by atoms with Crippen LogP contribution in [0.2, 0.25) is 0 Å².